The molecule has 8 nitrogen and oxygen atoms in total. The Hall–Kier alpha value is -4.79. The Labute approximate surface area is 200 Å². The first kappa shape index (κ1) is 23.4. The van der Waals surface area contributed by atoms with Gasteiger partial charge < -0.3 is 14.8 Å². The minimum atomic E-state index is -0.600. The number of benzene rings is 2. The number of hydrogen-bond acceptors (Lipinski definition) is 7. The van der Waals surface area contributed by atoms with Gasteiger partial charge in [0.2, 0.25) is 5.95 Å². The second-order valence-electron chi connectivity index (χ2n) is 7.33. The van der Waals surface area contributed by atoms with E-state index in [4.69, 9.17) is 9.47 Å². The maximum atomic E-state index is 14.6. The highest BCUT2D eigenvalue weighted by Gasteiger charge is 2.14. The lowest BCUT2D eigenvalue weighted by atomic mass is 10.1. The molecule has 0 radical (unpaired) electrons. The van der Waals surface area contributed by atoms with Gasteiger partial charge in [0, 0.05) is 47.2 Å². The van der Waals surface area contributed by atoms with Crippen LogP contribution in [0.1, 0.15) is 21.5 Å². The Kier molecular flexibility index (Phi) is 6.96. The van der Waals surface area contributed by atoms with Crippen molar-refractivity contribution in [2.45, 2.75) is 0 Å². The van der Waals surface area contributed by atoms with Gasteiger partial charge in [0.05, 0.1) is 19.8 Å². The van der Waals surface area contributed by atoms with Crippen LogP contribution in [-0.4, -0.2) is 34.7 Å². The van der Waals surface area contributed by atoms with E-state index in [1.165, 1.54) is 38.5 Å². The summed E-state index contributed by atoms with van der Waals surface area (Å²) in [4.78, 5) is 32.4. The number of nitrogens with one attached hydrogen (secondary N) is 1. The summed E-state index contributed by atoms with van der Waals surface area (Å²) in [6.45, 7) is 0. The maximum absolute atomic E-state index is 14.6. The topological polar surface area (TPSA) is 95.3 Å². The Morgan fingerprint density at radius 3 is 2.43 bits per heavy atom. The van der Waals surface area contributed by atoms with E-state index >= 15 is 0 Å². The molecule has 2 aromatic heterocycles. The molecule has 9 heteroatoms. The summed E-state index contributed by atoms with van der Waals surface area (Å²) in [6.07, 6.45) is 7.97. The predicted octanol–water partition coefficient (Wildman–Crippen LogP) is 4.48. The molecular formula is C26H21FN4O4. The average molecular weight is 472 g/mol. The minimum Gasteiger partial charge on any atom is -0.494 e. The van der Waals surface area contributed by atoms with Crippen LogP contribution < -0.4 is 15.6 Å². The third-order valence-corrected chi connectivity index (χ3v) is 5.06. The van der Waals surface area contributed by atoms with Gasteiger partial charge in [-0.25, -0.2) is 19.2 Å². The monoisotopic (exact) mass is 472 g/mol. The van der Waals surface area contributed by atoms with Gasteiger partial charge in [-0.05, 0) is 42.5 Å². The number of aromatic nitrogens is 3. The van der Waals surface area contributed by atoms with Crippen molar-refractivity contribution >= 4 is 29.8 Å². The molecule has 35 heavy (non-hydrogen) atoms. The van der Waals surface area contributed by atoms with Gasteiger partial charge in [0.15, 0.2) is 11.6 Å². The van der Waals surface area contributed by atoms with E-state index in [9.17, 15) is 14.0 Å². The van der Waals surface area contributed by atoms with Gasteiger partial charge in [-0.3, -0.25) is 9.36 Å². The van der Waals surface area contributed by atoms with E-state index in [1.54, 1.807) is 41.4 Å². The van der Waals surface area contributed by atoms with Crippen molar-refractivity contribution in [2.24, 2.45) is 0 Å². The molecule has 0 aliphatic carbocycles. The number of hydrogen-bond donors (Lipinski definition) is 1. The molecule has 0 amide bonds. The number of halogens is 1. The largest absolute Gasteiger partial charge is 0.494 e. The molecule has 0 saturated heterocycles. The number of pyridine rings is 1. The van der Waals surface area contributed by atoms with E-state index in [0.29, 0.717) is 11.5 Å². The number of anilines is 2. The molecule has 176 valence electrons. The van der Waals surface area contributed by atoms with Crippen LogP contribution in [0.15, 0.2) is 78.0 Å². The highest BCUT2D eigenvalue weighted by Crippen LogP contribution is 2.25. The molecule has 4 aromatic rings. The van der Waals surface area contributed by atoms with Crippen LogP contribution >= 0.6 is 0 Å². The summed E-state index contributed by atoms with van der Waals surface area (Å²) in [5.41, 5.74) is 2.32. The van der Waals surface area contributed by atoms with Crippen LogP contribution in [0.4, 0.5) is 16.0 Å². The van der Waals surface area contributed by atoms with Gasteiger partial charge in [0.25, 0.3) is 5.56 Å². The number of carbonyl (C=O) groups is 1. The van der Waals surface area contributed by atoms with Crippen molar-refractivity contribution in [1.29, 1.82) is 0 Å². The smallest absolute Gasteiger partial charge is 0.338 e. The molecule has 2 aromatic carbocycles. The fourth-order valence-electron chi connectivity index (χ4n) is 3.27. The van der Waals surface area contributed by atoms with Crippen molar-refractivity contribution in [3.8, 4) is 11.4 Å². The fourth-order valence-corrected chi connectivity index (χ4v) is 3.27. The number of rotatable bonds is 7. The standard InChI is InChI=1S/C26H21FN4O4/c1-34-22-14-19(25(33)35-2)13-18(24(22)27)7-6-17-15-28-26(29-16-17)30-20-8-10-21(11-9-20)31-12-4-3-5-23(31)32/h3-16H,1-2H3,(H,28,29,30). The summed E-state index contributed by atoms with van der Waals surface area (Å²) < 4.78 is 25.9. The Bertz CT molecular complexity index is 1430. The predicted molar refractivity (Wildman–Crippen MR) is 131 cm³/mol. The summed E-state index contributed by atoms with van der Waals surface area (Å²) in [6, 6.07) is 14.9. The zero-order valence-corrected chi connectivity index (χ0v) is 18.9. The fraction of sp³-hybridized carbons (Fsp3) is 0.0769. The first-order valence-corrected chi connectivity index (χ1v) is 10.5. The van der Waals surface area contributed by atoms with E-state index in [0.717, 1.165) is 11.4 Å². The van der Waals surface area contributed by atoms with Crippen LogP contribution in [0.2, 0.25) is 0 Å². The van der Waals surface area contributed by atoms with Crippen LogP contribution in [0.3, 0.4) is 0 Å². The van der Waals surface area contributed by atoms with Crippen LogP contribution in [0, 0.1) is 5.82 Å². The van der Waals surface area contributed by atoms with E-state index in [1.807, 2.05) is 24.3 Å². The van der Waals surface area contributed by atoms with Crippen LogP contribution in [-0.2, 0) is 4.74 Å². The summed E-state index contributed by atoms with van der Waals surface area (Å²) in [5, 5.41) is 3.09. The van der Waals surface area contributed by atoms with Crippen LogP contribution in [0.5, 0.6) is 5.75 Å². The second-order valence-corrected chi connectivity index (χ2v) is 7.33. The van der Waals surface area contributed by atoms with Gasteiger partial charge in [0.1, 0.15) is 0 Å². The average Bonchev–Trinajstić information content (AvgIpc) is 2.89. The molecular weight excluding hydrogens is 451 g/mol. The lowest BCUT2D eigenvalue weighted by molar-refractivity contribution is 0.0600. The van der Waals surface area contributed by atoms with Crippen molar-refractivity contribution in [1.82, 2.24) is 14.5 Å². The molecule has 4 rings (SSSR count). The lowest BCUT2D eigenvalue weighted by Gasteiger charge is -2.08. The van der Waals surface area contributed by atoms with E-state index in [-0.39, 0.29) is 22.4 Å². The first-order chi connectivity index (χ1) is 17.0. The molecule has 2 heterocycles. The third kappa shape index (κ3) is 5.41. The molecule has 0 fully saturated rings. The van der Waals surface area contributed by atoms with Gasteiger partial charge in [-0.2, -0.15) is 0 Å². The quantitative estimate of drug-likeness (QED) is 0.396. The Morgan fingerprint density at radius 2 is 1.77 bits per heavy atom. The number of nitrogens with zero attached hydrogens (tertiary/aromatic N) is 3. The maximum Gasteiger partial charge on any atom is 0.338 e. The highest BCUT2D eigenvalue weighted by molar-refractivity contribution is 5.91. The third-order valence-electron chi connectivity index (χ3n) is 5.06. The second kappa shape index (κ2) is 10.4. The minimum absolute atomic E-state index is 0.0634. The molecule has 0 atom stereocenters. The molecule has 0 aliphatic rings. The van der Waals surface area contributed by atoms with Crippen molar-refractivity contribution in [3.63, 3.8) is 0 Å². The van der Waals surface area contributed by atoms with Crippen molar-refractivity contribution in [3.05, 3.63) is 106 Å². The zero-order valence-electron chi connectivity index (χ0n) is 18.9. The van der Waals surface area contributed by atoms with Gasteiger partial charge in [-0.1, -0.05) is 18.2 Å². The Morgan fingerprint density at radius 1 is 1.03 bits per heavy atom. The van der Waals surface area contributed by atoms with Crippen molar-refractivity contribution in [2.75, 3.05) is 19.5 Å². The Balaban J connectivity index is 1.47. The summed E-state index contributed by atoms with van der Waals surface area (Å²) >= 11 is 0. The van der Waals surface area contributed by atoms with E-state index in [2.05, 4.69) is 15.3 Å². The molecule has 0 unspecified atom stereocenters. The first-order valence-electron chi connectivity index (χ1n) is 10.5. The molecule has 0 saturated carbocycles. The number of methoxy groups -OCH3 is 2. The van der Waals surface area contributed by atoms with E-state index < -0.39 is 11.8 Å². The highest BCUT2D eigenvalue weighted by atomic mass is 19.1. The number of carbonyl (C=O) groups excluding carboxylic acids is 1. The van der Waals surface area contributed by atoms with Gasteiger partial charge >= 0.3 is 5.97 Å². The van der Waals surface area contributed by atoms with Crippen LogP contribution in [0.25, 0.3) is 17.8 Å². The summed E-state index contributed by atoms with van der Waals surface area (Å²) in [5.74, 6) is -0.892. The van der Waals surface area contributed by atoms with Gasteiger partial charge in [-0.15, -0.1) is 0 Å². The molecule has 0 bridgehead atoms. The normalized spacial score (nSPS) is 10.8. The van der Waals surface area contributed by atoms with Crippen molar-refractivity contribution < 1.29 is 18.7 Å². The molecule has 1 N–H and O–H groups in total. The zero-order chi connectivity index (χ0) is 24.8. The number of ether oxygens (including phenoxy) is 2. The lowest BCUT2D eigenvalue weighted by Crippen LogP contribution is -2.15. The molecule has 0 spiro atoms. The SMILES string of the molecule is COC(=O)c1cc(C=Cc2cnc(Nc3ccc(-n4ccccc4=O)cc3)nc2)c(F)c(OC)c1. The molecule has 0 aliphatic heterocycles. The number of esters is 1. The summed E-state index contributed by atoms with van der Waals surface area (Å²) in [7, 11) is 2.57.